The Labute approximate surface area is 111 Å². The average molecular weight is 260 g/mol. The van der Waals surface area contributed by atoms with Crippen molar-refractivity contribution in [1.82, 2.24) is 9.55 Å². The van der Waals surface area contributed by atoms with E-state index in [4.69, 9.17) is 9.84 Å². The summed E-state index contributed by atoms with van der Waals surface area (Å²) in [5.41, 5.74) is 1.60. The number of carboxylic acids is 1. The largest absolute Gasteiger partial charge is 0.496 e. The molecule has 0 aliphatic carbocycles. The van der Waals surface area contributed by atoms with Gasteiger partial charge in [0.05, 0.1) is 25.8 Å². The number of rotatable bonds is 5. The van der Waals surface area contributed by atoms with E-state index < -0.39 is 5.97 Å². The van der Waals surface area contributed by atoms with Gasteiger partial charge in [-0.15, -0.1) is 0 Å². The van der Waals surface area contributed by atoms with Crippen molar-refractivity contribution in [3.63, 3.8) is 0 Å². The van der Waals surface area contributed by atoms with Crippen molar-refractivity contribution in [3.05, 3.63) is 47.5 Å². The van der Waals surface area contributed by atoms with Crippen LogP contribution in [0.2, 0.25) is 0 Å². The molecule has 0 bridgehead atoms. The van der Waals surface area contributed by atoms with Crippen molar-refractivity contribution in [1.29, 1.82) is 0 Å². The van der Waals surface area contributed by atoms with E-state index in [-0.39, 0.29) is 6.42 Å². The molecule has 1 N–H and O–H groups in total. The first-order chi connectivity index (χ1) is 9.10. The van der Waals surface area contributed by atoms with E-state index in [0.29, 0.717) is 12.2 Å². The summed E-state index contributed by atoms with van der Waals surface area (Å²) < 4.78 is 7.23. The molecule has 5 nitrogen and oxygen atoms in total. The van der Waals surface area contributed by atoms with Gasteiger partial charge in [0.2, 0.25) is 0 Å². The Bertz CT molecular complexity index is 590. The average Bonchev–Trinajstić information content (AvgIpc) is 2.69. The number of ether oxygens (including phenoxy) is 1. The van der Waals surface area contributed by atoms with E-state index in [1.54, 1.807) is 13.3 Å². The Morgan fingerprint density at radius 3 is 2.84 bits per heavy atom. The molecule has 19 heavy (non-hydrogen) atoms. The van der Waals surface area contributed by atoms with Crippen LogP contribution in [0, 0.1) is 6.92 Å². The van der Waals surface area contributed by atoms with Crippen molar-refractivity contribution in [3.8, 4) is 5.75 Å². The van der Waals surface area contributed by atoms with Crippen molar-refractivity contribution in [2.75, 3.05) is 7.11 Å². The van der Waals surface area contributed by atoms with Crippen LogP contribution in [0.5, 0.6) is 5.75 Å². The first kappa shape index (κ1) is 13.1. The van der Waals surface area contributed by atoms with Crippen molar-refractivity contribution >= 4 is 5.97 Å². The van der Waals surface area contributed by atoms with Gasteiger partial charge in [-0.2, -0.15) is 0 Å². The van der Waals surface area contributed by atoms with Crippen LogP contribution in [0.1, 0.15) is 17.1 Å². The number of aromatic nitrogens is 2. The van der Waals surface area contributed by atoms with Crippen LogP contribution in [0.25, 0.3) is 0 Å². The summed E-state index contributed by atoms with van der Waals surface area (Å²) in [5, 5.41) is 8.77. The molecule has 0 spiro atoms. The minimum atomic E-state index is -0.873. The number of carboxylic acid groups (broad SMARTS) is 1. The number of imidazole rings is 1. The Hall–Kier alpha value is -2.30. The zero-order valence-corrected chi connectivity index (χ0v) is 11.0. The normalized spacial score (nSPS) is 10.4. The molecule has 0 aliphatic rings. The molecule has 100 valence electrons. The van der Waals surface area contributed by atoms with Gasteiger partial charge in [-0.1, -0.05) is 18.2 Å². The minimum absolute atomic E-state index is 0.0558. The Kier molecular flexibility index (Phi) is 3.85. The lowest BCUT2D eigenvalue weighted by molar-refractivity contribution is -0.136. The number of nitrogens with zero attached hydrogens (tertiary/aromatic N) is 2. The number of hydrogen-bond donors (Lipinski definition) is 1. The summed E-state index contributed by atoms with van der Waals surface area (Å²) in [6.07, 6.45) is 1.72. The molecule has 0 fully saturated rings. The predicted molar refractivity (Wildman–Crippen MR) is 70.4 cm³/mol. The summed E-state index contributed by atoms with van der Waals surface area (Å²) in [4.78, 5) is 14.9. The fraction of sp³-hybridized carbons (Fsp3) is 0.286. The van der Waals surface area contributed by atoms with Gasteiger partial charge >= 0.3 is 5.97 Å². The molecule has 0 amide bonds. The van der Waals surface area contributed by atoms with Gasteiger partial charge in [0.1, 0.15) is 11.6 Å². The highest BCUT2D eigenvalue weighted by atomic mass is 16.5. The zero-order chi connectivity index (χ0) is 13.8. The maximum absolute atomic E-state index is 10.7. The lowest BCUT2D eigenvalue weighted by Crippen LogP contribution is -2.02. The SMILES string of the molecule is COc1ccccc1Cn1cc(CC(=O)O)nc1C. The van der Waals surface area contributed by atoms with Crippen molar-refractivity contribution in [2.24, 2.45) is 0 Å². The first-order valence-corrected chi connectivity index (χ1v) is 5.96. The predicted octanol–water partition coefficient (Wildman–Crippen LogP) is 1.88. The minimum Gasteiger partial charge on any atom is -0.496 e. The lowest BCUT2D eigenvalue weighted by Gasteiger charge is -2.09. The fourth-order valence-corrected chi connectivity index (χ4v) is 1.99. The smallest absolute Gasteiger partial charge is 0.309 e. The molecule has 1 aromatic carbocycles. The summed E-state index contributed by atoms with van der Waals surface area (Å²) >= 11 is 0. The van der Waals surface area contributed by atoms with E-state index in [1.165, 1.54) is 0 Å². The van der Waals surface area contributed by atoms with Gasteiger partial charge in [-0.05, 0) is 13.0 Å². The summed E-state index contributed by atoms with van der Waals surface area (Å²) in [6, 6.07) is 7.75. The summed E-state index contributed by atoms with van der Waals surface area (Å²) in [5.74, 6) is 0.736. The zero-order valence-electron chi connectivity index (χ0n) is 11.0. The van der Waals surface area contributed by atoms with E-state index in [9.17, 15) is 4.79 Å². The third-order valence-corrected chi connectivity index (χ3v) is 2.89. The van der Waals surface area contributed by atoms with Gasteiger partial charge in [0, 0.05) is 11.8 Å². The molecule has 2 aromatic rings. The van der Waals surface area contributed by atoms with Crippen molar-refractivity contribution < 1.29 is 14.6 Å². The number of methoxy groups -OCH3 is 1. The topological polar surface area (TPSA) is 64.3 Å². The monoisotopic (exact) mass is 260 g/mol. The molecule has 0 atom stereocenters. The highest BCUT2D eigenvalue weighted by Gasteiger charge is 2.09. The van der Waals surface area contributed by atoms with E-state index in [2.05, 4.69) is 4.98 Å². The molecule has 2 rings (SSSR count). The molecule has 5 heteroatoms. The van der Waals surface area contributed by atoms with E-state index >= 15 is 0 Å². The summed E-state index contributed by atoms with van der Waals surface area (Å²) in [6.45, 7) is 2.48. The quantitative estimate of drug-likeness (QED) is 0.891. The van der Waals surface area contributed by atoms with Crippen LogP contribution in [0.15, 0.2) is 30.5 Å². The molecule has 0 aliphatic heterocycles. The number of para-hydroxylation sites is 1. The molecular weight excluding hydrogens is 244 g/mol. The van der Waals surface area contributed by atoms with Gasteiger partial charge in [0.25, 0.3) is 0 Å². The highest BCUT2D eigenvalue weighted by Crippen LogP contribution is 2.19. The molecule has 1 heterocycles. The lowest BCUT2D eigenvalue weighted by atomic mass is 10.2. The van der Waals surface area contributed by atoms with Gasteiger partial charge in [0.15, 0.2) is 0 Å². The van der Waals surface area contributed by atoms with Crippen molar-refractivity contribution in [2.45, 2.75) is 19.9 Å². The van der Waals surface area contributed by atoms with Gasteiger partial charge in [-0.25, -0.2) is 4.98 Å². The number of carbonyl (C=O) groups is 1. The van der Waals surface area contributed by atoms with Crippen LogP contribution in [-0.4, -0.2) is 27.7 Å². The molecule has 1 aromatic heterocycles. The standard InChI is InChI=1S/C14H16N2O3/c1-10-15-12(7-14(17)18)9-16(10)8-11-5-3-4-6-13(11)19-2/h3-6,9H,7-8H2,1-2H3,(H,17,18). The van der Waals surface area contributed by atoms with Crippen LogP contribution in [-0.2, 0) is 17.8 Å². The van der Waals surface area contributed by atoms with E-state index in [0.717, 1.165) is 17.1 Å². The van der Waals surface area contributed by atoms with Crippen LogP contribution < -0.4 is 4.74 Å². The van der Waals surface area contributed by atoms with E-state index in [1.807, 2.05) is 35.8 Å². The van der Waals surface area contributed by atoms with Gasteiger partial charge < -0.3 is 14.4 Å². The second-order valence-corrected chi connectivity index (χ2v) is 4.29. The number of aryl methyl sites for hydroxylation is 1. The maximum atomic E-state index is 10.7. The Morgan fingerprint density at radius 1 is 1.42 bits per heavy atom. The van der Waals surface area contributed by atoms with Crippen LogP contribution in [0.3, 0.4) is 0 Å². The maximum Gasteiger partial charge on any atom is 0.309 e. The summed E-state index contributed by atoms with van der Waals surface area (Å²) in [7, 11) is 1.63. The number of hydrogen-bond acceptors (Lipinski definition) is 3. The first-order valence-electron chi connectivity index (χ1n) is 5.96. The second kappa shape index (κ2) is 5.56. The Morgan fingerprint density at radius 2 is 2.16 bits per heavy atom. The van der Waals surface area contributed by atoms with Crippen LogP contribution >= 0.6 is 0 Å². The second-order valence-electron chi connectivity index (χ2n) is 4.29. The number of aliphatic carboxylic acids is 1. The third kappa shape index (κ3) is 3.13. The third-order valence-electron chi connectivity index (χ3n) is 2.89. The fourth-order valence-electron chi connectivity index (χ4n) is 1.99. The molecule has 0 radical (unpaired) electrons. The number of benzene rings is 1. The highest BCUT2D eigenvalue weighted by molar-refractivity contribution is 5.69. The van der Waals surface area contributed by atoms with Gasteiger partial charge in [-0.3, -0.25) is 4.79 Å². The molecule has 0 saturated heterocycles. The van der Waals surface area contributed by atoms with Crippen LogP contribution in [0.4, 0.5) is 0 Å². The molecular formula is C14H16N2O3. The Balaban J connectivity index is 2.23. The molecule has 0 unspecified atom stereocenters. The molecule has 0 saturated carbocycles.